The largest absolute Gasteiger partial charge is 0.314 e. The molecule has 3 heterocycles. The van der Waals surface area contributed by atoms with Crippen molar-refractivity contribution in [1.82, 2.24) is 21.1 Å². The molecule has 6 aliphatic rings. The van der Waals surface area contributed by atoms with E-state index in [0.29, 0.717) is 18.0 Å². The zero-order valence-electron chi connectivity index (χ0n) is 22.6. The molecule has 3 saturated carbocycles. The van der Waals surface area contributed by atoms with Crippen LogP contribution in [0.15, 0.2) is 0 Å². The van der Waals surface area contributed by atoms with Gasteiger partial charge in [-0.15, -0.1) is 0 Å². The van der Waals surface area contributed by atoms with Crippen LogP contribution in [0.25, 0.3) is 0 Å². The minimum atomic E-state index is -0.171. The minimum Gasteiger partial charge on any atom is -0.314 e. The Balaban J connectivity index is 1.14. The normalized spacial score (nSPS) is 48.9. The third kappa shape index (κ3) is 4.60. The third-order valence-electron chi connectivity index (χ3n) is 12.2. The van der Waals surface area contributed by atoms with Crippen LogP contribution in [0, 0.1) is 58.2 Å². The van der Waals surface area contributed by atoms with E-state index in [1.54, 1.807) is 0 Å². The van der Waals surface area contributed by atoms with E-state index in [9.17, 15) is 5.26 Å². The molecule has 6 fully saturated rings. The Hall–Kier alpha value is -0.670. The molecule has 3 N–H and O–H groups in total. The van der Waals surface area contributed by atoms with E-state index in [1.165, 1.54) is 83.6 Å². The lowest BCUT2D eigenvalue weighted by molar-refractivity contribution is 0.0270. The van der Waals surface area contributed by atoms with Crippen LogP contribution in [0.5, 0.6) is 0 Å². The van der Waals surface area contributed by atoms with E-state index in [2.05, 4.69) is 48.0 Å². The average molecular weight is 482 g/mol. The van der Waals surface area contributed by atoms with Gasteiger partial charge in [0, 0.05) is 37.8 Å². The van der Waals surface area contributed by atoms with Crippen molar-refractivity contribution in [3.05, 3.63) is 0 Å². The summed E-state index contributed by atoms with van der Waals surface area (Å²) in [5.41, 5.74) is 3.85. The number of hydrogen-bond donors (Lipinski definition) is 3. The first-order valence-electron chi connectivity index (χ1n) is 15.3. The molecule has 35 heavy (non-hydrogen) atoms. The number of fused-ring (bicyclic) bond motifs is 4. The molecule has 9 atom stereocenters. The summed E-state index contributed by atoms with van der Waals surface area (Å²) in [5, 5.41) is 20.1. The molecule has 0 bridgehead atoms. The van der Waals surface area contributed by atoms with E-state index in [-0.39, 0.29) is 5.41 Å². The van der Waals surface area contributed by atoms with Gasteiger partial charge in [-0.1, -0.05) is 0 Å². The number of piperidine rings is 2. The maximum Gasteiger partial charge on any atom is 0.0686 e. The molecule has 0 radical (unpaired) electrons. The van der Waals surface area contributed by atoms with Crippen LogP contribution in [-0.4, -0.2) is 49.3 Å². The van der Waals surface area contributed by atoms with Gasteiger partial charge in [0.2, 0.25) is 0 Å². The van der Waals surface area contributed by atoms with Crippen molar-refractivity contribution in [2.75, 3.05) is 20.1 Å². The predicted octanol–water partition coefficient (Wildman–Crippen LogP) is 4.70. The van der Waals surface area contributed by atoms with Crippen LogP contribution in [-0.2, 0) is 0 Å². The van der Waals surface area contributed by atoms with Crippen molar-refractivity contribution in [2.45, 2.75) is 115 Å². The van der Waals surface area contributed by atoms with Crippen LogP contribution in [0.1, 0.15) is 90.9 Å². The van der Waals surface area contributed by atoms with Gasteiger partial charge in [-0.2, -0.15) is 5.26 Å². The Morgan fingerprint density at radius 2 is 1.51 bits per heavy atom. The van der Waals surface area contributed by atoms with Gasteiger partial charge in [-0.25, -0.2) is 5.01 Å². The topological polar surface area (TPSA) is 63.1 Å². The van der Waals surface area contributed by atoms with Gasteiger partial charge in [0.25, 0.3) is 0 Å². The Labute approximate surface area is 214 Å². The highest BCUT2D eigenvalue weighted by molar-refractivity contribution is 5.08. The highest BCUT2D eigenvalue weighted by Crippen LogP contribution is 2.50. The number of hydrazine groups is 1. The van der Waals surface area contributed by atoms with E-state index in [1.807, 2.05) is 0 Å². The average Bonchev–Trinajstić information content (AvgIpc) is 3.25. The first-order valence-corrected chi connectivity index (χ1v) is 15.3. The Bertz CT molecular complexity index is 782. The molecule has 6 rings (SSSR count). The van der Waals surface area contributed by atoms with Crippen molar-refractivity contribution in [3.8, 4) is 6.07 Å². The molecule has 3 aliphatic carbocycles. The van der Waals surface area contributed by atoms with Crippen molar-refractivity contribution >= 4 is 0 Å². The van der Waals surface area contributed by atoms with Crippen molar-refractivity contribution < 1.29 is 0 Å². The quantitative estimate of drug-likeness (QED) is 0.545. The summed E-state index contributed by atoms with van der Waals surface area (Å²) in [7, 11) is 2.31. The van der Waals surface area contributed by atoms with Crippen LogP contribution in [0.2, 0.25) is 0 Å². The second-order valence-electron chi connectivity index (χ2n) is 14.1. The number of nitrogens with zero attached hydrogens (tertiary/aromatic N) is 2. The van der Waals surface area contributed by atoms with Gasteiger partial charge in [-0.05, 0) is 139 Å². The summed E-state index contributed by atoms with van der Waals surface area (Å²) >= 11 is 0. The van der Waals surface area contributed by atoms with Gasteiger partial charge in [0.05, 0.1) is 11.5 Å². The first-order chi connectivity index (χ1) is 16.9. The molecule has 3 saturated heterocycles. The van der Waals surface area contributed by atoms with Crippen LogP contribution >= 0.6 is 0 Å². The fraction of sp³-hybridized carbons (Fsp3) is 0.967. The molecular weight excluding hydrogens is 430 g/mol. The molecule has 196 valence electrons. The molecule has 5 nitrogen and oxygen atoms in total. The minimum absolute atomic E-state index is 0.171. The predicted molar refractivity (Wildman–Crippen MR) is 141 cm³/mol. The summed E-state index contributed by atoms with van der Waals surface area (Å²) in [4.78, 5) is 0. The highest BCUT2D eigenvalue weighted by Gasteiger charge is 2.54. The van der Waals surface area contributed by atoms with Crippen LogP contribution in [0.3, 0.4) is 0 Å². The summed E-state index contributed by atoms with van der Waals surface area (Å²) in [5.74, 6) is 5.85. The second-order valence-corrected chi connectivity index (χ2v) is 14.1. The number of rotatable bonds is 3. The van der Waals surface area contributed by atoms with Crippen LogP contribution < -0.4 is 16.1 Å². The van der Waals surface area contributed by atoms with E-state index < -0.39 is 0 Å². The van der Waals surface area contributed by atoms with Gasteiger partial charge < -0.3 is 10.6 Å². The first kappa shape index (κ1) is 24.7. The summed E-state index contributed by atoms with van der Waals surface area (Å²) in [6.45, 7) is 6.73. The molecule has 0 aromatic heterocycles. The van der Waals surface area contributed by atoms with E-state index in [4.69, 9.17) is 0 Å². The smallest absolute Gasteiger partial charge is 0.0686 e. The molecule has 0 aromatic carbocycles. The zero-order chi connectivity index (χ0) is 24.2. The van der Waals surface area contributed by atoms with Gasteiger partial charge in [0.15, 0.2) is 0 Å². The Kier molecular flexibility index (Phi) is 6.97. The fourth-order valence-corrected chi connectivity index (χ4v) is 10.0. The Morgan fingerprint density at radius 3 is 2.31 bits per heavy atom. The lowest BCUT2D eigenvalue weighted by atomic mass is 9.59. The SMILES string of the molecule is CN1NC(C2CCC(C(C)(C)C#N)CC2)C2C3CC(C4CCC5CCCNC5C4)CCC3NCC21. The van der Waals surface area contributed by atoms with Crippen molar-refractivity contribution in [2.24, 2.45) is 46.8 Å². The molecule has 9 unspecified atom stereocenters. The maximum absolute atomic E-state index is 9.66. The van der Waals surface area contributed by atoms with E-state index in [0.717, 1.165) is 54.1 Å². The number of hydrogen-bond acceptors (Lipinski definition) is 5. The van der Waals surface area contributed by atoms with Gasteiger partial charge in [-0.3, -0.25) is 5.43 Å². The molecule has 0 aromatic rings. The third-order valence-corrected chi connectivity index (χ3v) is 12.2. The lowest BCUT2D eigenvalue weighted by Crippen LogP contribution is -2.59. The van der Waals surface area contributed by atoms with E-state index >= 15 is 0 Å². The lowest BCUT2D eigenvalue weighted by Gasteiger charge is -2.51. The van der Waals surface area contributed by atoms with Crippen molar-refractivity contribution in [1.29, 1.82) is 5.26 Å². The molecule has 5 heteroatoms. The second kappa shape index (κ2) is 9.90. The monoisotopic (exact) mass is 481 g/mol. The van der Waals surface area contributed by atoms with Gasteiger partial charge >= 0.3 is 0 Å². The molecule has 0 spiro atoms. The molecule has 3 aliphatic heterocycles. The fourth-order valence-electron chi connectivity index (χ4n) is 10.0. The zero-order valence-corrected chi connectivity index (χ0v) is 22.6. The number of nitriles is 1. The molecular formula is C30H51N5. The standard InChI is InChI=1S/C30H51N5/c1-30(2,18-31)23-11-8-20(9-12-23)29-28-24-15-21(10-13-25(24)33-17-27(28)35(3)34-29)22-7-6-19-5-4-14-32-26(19)16-22/h19-29,32-34H,4-17H2,1-3H3. The van der Waals surface area contributed by atoms with Crippen molar-refractivity contribution in [3.63, 3.8) is 0 Å². The maximum atomic E-state index is 9.66. The van der Waals surface area contributed by atoms with Gasteiger partial charge in [0.1, 0.15) is 0 Å². The van der Waals surface area contributed by atoms with Crippen LogP contribution in [0.4, 0.5) is 0 Å². The summed E-state index contributed by atoms with van der Waals surface area (Å²) in [6, 6.07) is 5.44. The summed E-state index contributed by atoms with van der Waals surface area (Å²) < 4.78 is 0. The summed E-state index contributed by atoms with van der Waals surface area (Å²) in [6.07, 6.45) is 16.7. The number of nitrogens with one attached hydrogen (secondary N) is 3. The number of likely N-dealkylation sites (N-methyl/N-ethyl adjacent to an activating group) is 1. The molecule has 0 amide bonds. The highest BCUT2D eigenvalue weighted by atomic mass is 15.6. The Morgan fingerprint density at radius 1 is 0.800 bits per heavy atom.